The molecule has 108 valence electrons. The maximum Gasteiger partial charge on any atom is 0.206 e. The molecule has 0 unspecified atom stereocenters. The molecule has 0 aliphatic rings. The first-order valence-corrected chi connectivity index (χ1v) is 7.76. The summed E-state index contributed by atoms with van der Waals surface area (Å²) in [4.78, 5) is 11.3. The molecule has 0 radical (unpaired) electrons. The molecule has 0 aliphatic carbocycles. The summed E-state index contributed by atoms with van der Waals surface area (Å²) < 4.78 is 0. The van der Waals surface area contributed by atoms with Gasteiger partial charge in [-0.25, -0.2) is 0 Å². The van der Waals surface area contributed by atoms with E-state index >= 15 is 0 Å². The average molecular weight is 365 g/mol. The van der Waals surface area contributed by atoms with Crippen LogP contribution in [-0.4, -0.2) is 41.5 Å². The highest BCUT2D eigenvalue weighted by Gasteiger charge is 2.13. The van der Waals surface area contributed by atoms with Crippen LogP contribution in [0.4, 0.5) is 0 Å². The number of halogens is 3. The molecular weight excluding hydrogens is 345 g/mol. The smallest absolute Gasteiger partial charge is 0.206 e. The number of nitrogens with two attached hydrogens (primary N) is 3. The van der Waals surface area contributed by atoms with Gasteiger partial charge in [0.25, 0.3) is 0 Å². The summed E-state index contributed by atoms with van der Waals surface area (Å²) in [6, 6.07) is -0.387. The third kappa shape index (κ3) is 17.5. The van der Waals surface area contributed by atoms with Gasteiger partial charge >= 0.3 is 0 Å². The van der Waals surface area contributed by atoms with Crippen LogP contribution in [0.1, 0.15) is 0 Å². The molecule has 0 aromatic carbocycles. The van der Waals surface area contributed by atoms with Crippen LogP contribution in [0.2, 0.25) is 0 Å². The molecule has 17 heavy (non-hydrogen) atoms. The van der Waals surface area contributed by atoms with Crippen LogP contribution in [0.25, 0.3) is 0 Å². The Kier molecular flexibility index (Phi) is 31.4. The van der Waals surface area contributed by atoms with Crippen LogP contribution in [0.15, 0.2) is 0 Å². The highest BCUT2D eigenvalue weighted by molar-refractivity contribution is 8.76. The monoisotopic (exact) mass is 363 g/mol. The maximum absolute atomic E-state index is 11.3. The van der Waals surface area contributed by atoms with E-state index in [2.05, 4.69) is 0 Å². The highest BCUT2D eigenvalue weighted by atomic mass is 35.5. The number of carbonyl (C=O) groups excluding carboxylic acids is 1. The van der Waals surface area contributed by atoms with E-state index in [9.17, 15) is 4.79 Å². The van der Waals surface area contributed by atoms with E-state index in [1.807, 2.05) is 0 Å². The molecule has 0 aromatic heterocycles. The van der Waals surface area contributed by atoms with Gasteiger partial charge in [-0.1, -0.05) is 33.3 Å². The minimum Gasteiger partial charge on any atom is -0.330 e. The van der Waals surface area contributed by atoms with E-state index < -0.39 is 0 Å². The molecule has 0 rings (SSSR count). The SMILES string of the molecule is Cl.Cl.Cl.NCCSSC[C@H](N)C(=O)SCCN. The van der Waals surface area contributed by atoms with Crippen molar-refractivity contribution in [2.24, 2.45) is 17.2 Å². The molecule has 0 fully saturated rings. The number of rotatable bonds is 8. The van der Waals surface area contributed by atoms with Crippen molar-refractivity contribution < 1.29 is 4.79 Å². The van der Waals surface area contributed by atoms with Crippen molar-refractivity contribution in [3.05, 3.63) is 0 Å². The third-order valence-corrected chi connectivity index (χ3v) is 4.70. The molecule has 0 saturated carbocycles. The van der Waals surface area contributed by atoms with Crippen molar-refractivity contribution in [1.29, 1.82) is 0 Å². The first-order valence-electron chi connectivity index (χ1n) is 4.29. The van der Waals surface area contributed by atoms with E-state index in [1.54, 1.807) is 21.6 Å². The molecule has 6 N–H and O–H groups in total. The van der Waals surface area contributed by atoms with Gasteiger partial charge in [-0.2, -0.15) is 0 Å². The molecule has 0 heterocycles. The third-order valence-electron chi connectivity index (χ3n) is 1.20. The van der Waals surface area contributed by atoms with Gasteiger partial charge in [0.15, 0.2) is 0 Å². The van der Waals surface area contributed by atoms with Gasteiger partial charge in [0.05, 0.1) is 6.04 Å². The molecule has 0 bridgehead atoms. The second-order valence-corrected chi connectivity index (χ2v) is 6.18. The fourth-order valence-corrected chi connectivity index (χ4v) is 3.26. The quantitative estimate of drug-likeness (QED) is 0.439. The summed E-state index contributed by atoms with van der Waals surface area (Å²) in [5.74, 6) is 2.18. The zero-order valence-corrected chi connectivity index (χ0v) is 14.1. The van der Waals surface area contributed by atoms with E-state index in [0.29, 0.717) is 24.6 Å². The summed E-state index contributed by atoms with van der Waals surface area (Å²) in [6.07, 6.45) is 0. The second kappa shape index (κ2) is 19.8. The van der Waals surface area contributed by atoms with Gasteiger partial charge < -0.3 is 17.2 Å². The van der Waals surface area contributed by atoms with E-state index in [0.717, 1.165) is 5.75 Å². The van der Waals surface area contributed by atoms with Gasteiger partial charge in [0, 0.05) is 30.3 Å². The molecule has 1 atom stereocenters. The first-order chi connectivity index (χ1) is 6.72. The van der Waals surface area contributed by atoms with Gasteiger partial charge in [-0.3, -0.25) is 4.79 Å². The van der Waals surface area contributed by atoms with Crippen LogP contribution in [0.5, 0.6) is 0 Å². The number of hydrogen-bond acceptors (Lipinski definition) is 7. The van der Waals surface area contributed by atoms with Crippen molar-refractivity contribution in [3.8, 4) is 0 Å². The molecule has 0 aliphatic heterocycles. The lowest BCUT2D eigenvalue weighted by Gasteiger charge is -2.08. The van der Waals surface area contributed by atoms with Crippen molar-refractivity contribution in [2.45, 2.75) is 6.04 Å². The van der Waals surface area contributed by atoms with Crippen LogP contribution >= 0.6 is 70.6 Å². The zero-order valence-electron chi connectivity index (χ0n) is 9.20. The van der Waals surface area contributed by atoms with Crippen molar-refractivity contribution in [3.63, 3.8) is 0 Å². The fraction of sp³-hybridized carbons (Fsp3) is 0.857. The standard InChI is InChI=1S/C7H17N3OS3.3ClH/c8-1-3-12-7(11)6(10)5-14-13-4-2-9;;;/h6H,1-5,8-10H2;3*1H/t6-;;;/m0.../s1. The van der Waals surface area contributed by atoms with Gasteiger partial charge in [0.2, 0.25) is 5.12 Å². The molecule has 0 aromatic rings. The van der Waals surface area contributed by atoms with Crippen LogP contribution in [0.3, 0.4) is 0 Å². The lowest BCUT2D eigenvalue weighted by molar-refractivity contribution is -0.111. The lowest BCUT2D eigenvalue weighted by Crippen LogP contribution is -2.31. The van der Waals surface area contributed by atoms with E-state index in [4.69, 9.17) is 17.2 Å². The summed E-state index contributed by atoms with van der Waals surface area (Å²) in [7, 11) is 3.24. The largest absolute Gasteiger partial charge is 0.330 e. The van der Waals surface area contributed by atoms with Crippen LogP contribution in [-0.2, 0) is 4.79 Å². The molecule has 0 saturated heterocycles. The predicted molar refractivity (Wildman–Crippen MR) is 90.2 cm³/mol. The minimum absolute atomic E-state index is 0. The Hall–Kier alpha value is 1.47. The van der Waals surface area contributed by atoms with E-state index in [1.165, 1.54) is 11.8 Å². The van der Waals surface area contributed by atoms with Crippen molar-refractivity contribution >= 4 is 75.7 Å². The molecule has 4 nitrogen and oxygen atoms in total. The Morgan fingerprint density at radius 1 is 1.00 bits per heavy atom. The van der Waals surface area contributed by atoms with Crippen LogP contribution in [0, 0.1) is 0 Å². The van der Waals surface area contributed by atoms with E-state index in [-0.39, 0.29) is 48.4 Å². The molecular formula is C7H20Cl3N3OS3. The lowest BCUT2D eigenvalue weighted by atomic mass is 10.4. The minimum atomic E-state index is -0.387. The van der Waals surface area contributed by atoms with Gasteiger partial charge in [0.1, 0.15) is 0 Å². The molecule has 10 heteroatoms. The van der Waals surface area contributed by atoms with Crippen molar-refractivity contribution in [1.82, 2.24) is 0 Å². The van der Waals surface area contributed by atoms with Gasteiger partial charge in [-0.15, -0.1) is 37.2 Å². The Balaban J connectivity index is -0.000000282. The topological polar surface area (TPSA) is 95.1 Å². The Morgan fingerprint density at radius 2 is 1.53 bits per heavy atom. The fourth-order valence-electron chi connectivity index (χ4n) is 0.563. The number of hydrogen-bond donors (Lipinski definition) is 3. The highest BCUT2D eigenvalue weighted by Crippen LogP contribution is 2.21. The molecule has 0 amide bonds. The summed E-state index contributed by atoms with van der Waals surface area (Å²) >= 11 is 1.21. The second-order valence-electron chi connectivity index (χ2n) is 2.46. The Morgan fingerprint density at radius 3 is 2.00 bits per heavy atom. The average Bonchev–Trinajstić information content (AvgIpc) is 2.20. The number of thioether (sulfide) groups is 1. The van der Waals surface area contributed by atoms with Crippen LogP contribution < -0.4 is 17.2 Å². The van der Waals surface area contributed by atoms with Crippen molar-refractivity contribution in [2.75, 3.05) is 30.3 Å². The summed E-state index contributed by atoms with van der Waals surface area (Å²) in [6.45, 7) is 1.17. The Labute approximate surface area is 133 Å². The first kappa shape index (κ1) is 26.9. The molecule has 0 spiro atoms. The summed E-state index contributed by atoms with van der Waals surface area (Å²) in [5, 5.41) is 0.0244. The maximum atomic E-state index is 11.3. The predicted octanol–water partition coefficient (Wildman–Crippen LogP) is 1.14. The zero-order chi connectivity index (χ0) is 10.8. The summed E-state index contributed by atoms with van der Waals surface area (Å²) in [5.41, 5.74) is 16.3. The van der Waals surface area contributed by atoms with Gasteiger partial charge in [-0.05, 0) is 0 Å². The normalized spacial score (nSPS) is 10.5. The number of carbonyl (C=O) groups is 1. The Bertz CT molecular complexity index is 171.